The van der Waals surface area contributed by atoms with Crippen LogP contribution < -0.4 is 0 Å². The minimum atomic E-state index is -4.80. The van der Waals surface area contributed by atoms with E-state index in [1.54, 1.807) is 12.3 Å². The van der Waals surface area contributed by atoms with Gasteiger partial charge in [0.2, 0.25) is 0 Å². The molecule has 0 atom stereocenters. The van der Waals surface area contributed by atoms with Crippen molar-refractivity contribution in [3.8, 4) is 22.3 Å². The molecule has 0 amide bonds. The van der Waals surface area contributed by atoms with Gasteiger partial charge in [-0.2, -0.15) is 24.5 Å². The summed E-state index contributed by atoms with van der Waals surface area (Å²) in [4.78, 5) is 7.07. The number of aromatic amines is 1. The topological polar surface area (TPSA) is 28.7 Å². The second-order valence-electron chi connectivity index (χ2n) is 5.46. The van der Waals surface area contributed by atoms with Crippen molar-refractivity contribution in [2.45, 2.75) is 6.18 Å². The average Bonchev–Trinajstić information content (AvgIpc) is 3.23. The Morgan fingerprint density at radius 3 is 2.56 bits per heavy atom. The van der Waals surface area contributed by atoms with E-state index < -0.39 is 17.6 Å². The minimum Gasteiger partial charge on any atom is -0.345 e. The zero-order chi connectivity index (χ0) is 17.6. The van der Waals surface area contributed by atoms with Crippen LogP contribution in [0.2, 0.25) is 0 Å². The van der Waals surface area contributed by atoms with Crippen LogP contribution in [-0.2, 0) is 6.18 Å². The molecule has 0 spiro atoms. The third kappa shape index (κ3) is 2.60. The number of benzene rings is 1. The summed E-state index contributed by atoms with van der Waals surface area (Å²) in [6.07, 6.45) is -1.77. The van der Waals surface area contributed by atoms with Crippen LogP contribution in [0, 0.1) is 5.82 Å². The first-order valence-electron chi connectivity index (χ1n) is 7.31. The number of hydrogen-bond acceptors (Lipinski definition) is 2. The Labute approximate surface area is 143 Å². The number of nitrogens with one attached hydrogen (secondary N) is 1. The SMILES string of the molecule is Fc1cccc(-c2c[nH]c3nccc(-c4ccsc4)c23)c1C(F)(F)F. The average molecular weight is 362 g/mol. The third-order valence-corrected chi connectivity index (χ3v) is 4.68. The van der Waals surface area contributed by atoms with E-state index in [4.69, 9.17) is 0 Å². The van der Waals surface area contributed by atoms with Gasteiger partial charge in [-0.1, -0.05) is 12.1 Å². The fourth-order valence-corrected chi connectivity index (χ4v) is 3.62. The van der Waals surface area contributed by atoms with Gasteiger partial charge in [-0.3, -0.25) is 0 Å². The first-order chi connectivity index (χ1) is 12.0. The lowest BCUT2D eigenvalue weighted by atomic mass is 9.95. The molecule has 4 aromatic rings. The quantitative estimate of drug-likeness (QED) is 0.428. The van der Waals surface area contributed by atoms with Crippen molar-refractivity contribution in [2.24, 2.45) is 0 Å². The zero-order valence-corrected chi connectivity index (χ0v) is 13.4. The molecule has 0 aliphatic carbocycles. The van der Waals surface area contributed by atoms with E-state index in [-0.39, 0.29) is 11.1 Å². The molecular formula is C18H10F4N2S. The van der Waals surface area contributed by atoms with Gasteiger partial charge in [0.1, 0.15) is 11.5 Å². The molecule has 2 nitrogen and oxygen atoms in total. The van der Waals surface area contributed by atoms with Crippen molar-refractivity contribution >= 4 is 22.4 Å². The summed E-state index contributed by atoms with van der Waals surface area (Å²) in [7, 11) is 0. The first-order valence-corrected chi connectivity index (χ1v) is 8.26. The molecule has 1 N–H and O–H groups in total. The summed E-state index contributed by atoms with van der Waals surface area (Å²) in [6.45, 7) is 0. The van der Waals surface area contributed by atoms with Gasteiger partial charge in [0, 0.05) is 23.3 Å². The van der Waals surface area contributed by atoms with E-state index in [0.717, 1.165) is 17.2 Å². The predicted molar refractivity (Wildman–Crippen MR) is 89.8 cm³/mol. The molecule has 0 saturated carbocycles. The van der Waals surface area contributed by atoms with E-state index in [0.29, 0.717) is 11.0 Å². The molecule has 4 rings (SSSR count). The van der Waals surface area contributed by atoms with Crippen LogP contribution in [-0.4, -0.2) is 9.97 Å². The summed E-state index contributed by atoms with van der Waals surface area (Å²) in [5.74, 6) is -1.29. The molecule has 0 unspecified atom stereocenters. The van der Waals surface area contributed by atoms with Crippen molar-refractivity contribution in [1.82, 2.24) is 9.97 Å². The number of H-pyrrole nitrogens is 1. The van der Waals surface area contributed by atoms with Crippen molar-refractivity contribution < 1.29 is 17.6 Å². The number of nitrogens with zero attached hydrogens (tertiary/aromatic N) is 1. The van der Waals surface area contributed by atoms with Gasteiger partial charge >= 0.3 is 6.18 Å². The molecule has 0 fully saturated rings. The van der Waals surface area contributed by atoms with Crippen LogP contribution in [0.15, 0.2) is 53.5 Å². The Morgan fingerprint density at radius 1 is 1.00 bits per heavy atom. The van der Waals surface area contributed by atoms with Gasteiger partial charge in [-0.25, -0.2) is 9.37 Å². The smallest absolute Gasteiger partial charge is 0.345 e. The third-order valence-electron chi connectivity index (χ3n) is 3.99. The number of halogens is 4. The molecule has 126 valence electrons. The Hall–Kier alpha value is -2.67. The van der Waals surface area contributed by atoms with E-state index in [9.17, 15) is 17.6 Å². The highest BCUT2D eigenvalue weighted by Crippen LogP contribution is 2.43. The standard InChI is InChI=1S/C18H10F4N2S/c19-14-3-1-2-12(16(14)18(20,21)22)13-8-24-17-15(13)11(4-6-23-17)10-5-7-25-9-10/h1-9H,(H,23,24). The largest absolute Gasteiger partial charge is 0.419 e. The normalized spacial score (nSPS) is 12.0. The maximum atomic E-state index is 14.0. The van der Waals surface area contributed by atoms with Gasteiger partial charge in [0.05, 0.1) is 5.56 Å². The monoisotopic (exact) mass is 362 g/mol. The van der Waals surface area contributed by atoms with Gasteiger partial charge in [-0.05, 0) is 45.6 Å². The van der Waals surface area contributed by atoms with Crippen LogP contribution in [0.4, 0.5) is 17.6 Å². The van der Waals surface area contributed by atoms with Gasteiger partial charge in [-0.15, -0.1) is 0 Å². The maximum absolute atomic E-state index is 14.0. The zero-order valence-electron chi connectivity index (χ0n) is 12.6. The maximum Gasteiger partial charge on any atom is 0.419 e. The lowest BCUT2D eigenvalue weighted by Gasteiger charge is -2.14. The second kappa shape index (κ2) is 5.70. The van der Waals surface area contributed by atoms with Crippen LogP contribution in [0.1, 0.15) is 5.56 Å². The lowest BCUT2D eigenvalue weighted by molar-refractivity contribution is -0.139. The number of alkyl halides is 3. The highest BCUT2D eigenvalue weighted by Gasteiger charge is 2.37. The van der Waals surface area contributed by atoms with Crippen molar-refractivity contribution in [1.29, 1.82) is 0 Å². The molecule has 7 heteroatoms. The molecule has 0 radical (unpaired) electrons. The lowest BCUT2D eigenvalue weighted by Crippen LogP contribution is -2.10. The summed E-state index contributed by atoms with van der Waals surface area (Å²) in [5, 5.41) is 4.33. The summed E-state index contributed by atoms with van der Waals surface area (Å²) >= 11 is 1.49. The fourth-order valence-electron chi connectivity index (χ4n) is 2.96. The van der Waals surface area contributed by atoms with Crippen molar-refractivity contribution in [3.63, 3.8) is 0 Å². The van der Waals surface area contributed by atoms with Crippen molar-refractivity contribution in [2.75, 3.05) is 0 Å². The summed E-state index contributed by atoms with van der Waals surface area (Å²) in [5.41, 5.74) is 0.884. The predicted octanol–water partition coefficient (Wildman–Crippen LogP) is 6.12. The molecular weight excluding hydrogens is 352 g/mol. The van der Waals surface area contributed by atoms with Gasteiger partial charge in [0.15, 0.2) is 0 Å². The molecule has 0 aliphatic rings. The Kier molecular flexibility index (Phi) is 3.61. The van der Waals surface area contributed by atoms with Gasteiger partial charge < -0.3 is 4.98 Å². The Bertz CT molecular complexity index is 1050. The fraction of sp³-hybridized carbons (Fsp3) is 0.0556. The van der Waals surface area contributed by atoms with Gasteiger partial charge in [0.25, 0.3) is 0 Å². The number of hydrogen-bond donors (Lipinski definition) is 1. The number of pyridine rings is 1. The molecule has 0 bridgehead atoms. The Balaban J connectivity index is 2.06. The van der Waals surface area contributed by atoms with E-state index in [1.165, 1.54) is 29.7 Å². The summed E-state index contributed by atoms with van der Waals surface area (Å²) in [6, 6.07) is 7.00. The van der Waals surface area contributed by atoms with E-state index >= 15 is 0 Å². The number of aromatic nitrogens is 2. The number of thiophene rings is 1. The van der Waals surface area contributed by atoms with Crippen LogP contribution in [0.3, 0.4) is 0 Å². The van der Waals surface area contributed by atoms with Crippen LogP contribution >= 0.6 is 11.3 Å². The molecule has 3 aromatic heterocycles. The molecule has 0 aliphatic heterocycles. The number of fused-ring (bicyclic) bond motifs is 1. The summed E-state index contributed by atoms with van der Waals surface area (Å²) < 4.78 is 54.2. The minimum absolute atomic E-state index is 0.205. The molecule has 1 aromatic carbocycles. The first kappa shape index (κ1) is 15.8. The molecule has 0 saturated heterocycles. The molecule has 3 heterocycles. The second-order valence-corrected chi connectivity index (χ2v) is 6.24. The highest BCUT2D eigenvalue weighted by molar-refractivity contribution is 7.08. The van der Waals surface area contributed by atoms with E-state index in [2.05, 4.69) is 9.97 Å². The van der Waals surface area contributed by atoms with Crippen LogP contribution in [0.25, 0.3) is 33.3 Å². The Morgan fingerprint density at radius 2 is 1.84 bits per heavy atom. The van der Waals surface area contributed by atoms with E-state index in [1.807, 2.05) is 16.8 Å². The van der Waals surface area contributed by atoms with Crippen molar-refractivity contribution in [3.05, 3.63) is 64.9 Å². The highest BCUT2D eigenvalue weighted by atomic mass is 32.1. The van der Waals surface area contributed by atoms with Crippen LogP contribution in [0.5, 0.6) is 0 Å². The number of rotatable bonds is 2. The molecule has 25 heavy (non-hydrogen) atoms.